The lowest BCUT2D eigenvalue weighted by Crippen LogP contribution is -1.81. The second-order valence-corrected chi connectivity index (χ2v) is 3.62. The van der Waals surface area contributed by atoms with E-state index in [0.717, 1.165) is 16.7 Å². The molecule has 0 amide bonds. The van der Waals surface area contributed by atoms with Crippen molar-refractivity contribution in [2.24, 2.45) is 0 Å². The molecule has 5 nitrogen and oxygen atoms in total. The van der Waals surface area contributed by atoms with Crippen LogP contribution in [0.25, 0.3) is 22.6 Å². The van der Waals surface area contributed by atoms with Crippen LogP contribution >= 0.6 is 0 Å². The first kappa shape index (κ1) is 9.89. The lowest BCUT2D eigenvalue weighted by molar-refractivity contribution is 0.393. The molecule has 0 aliphatic heterocycles. The molecule has 2 aromatic heterocycles. The van der Waals surface area contributed by atoms with Crippen LogP contribution in [0.15, 0.2) is 33.2 Å². The van der Waals surface area contributed by atoms with Gasteiger partial charge in [-0.15, -0.1) is 0 Å². The maximum absolute atomic E-state index is 5.64. The highest BCUT2D eigenvalue weighted by Gasteiger charge is 2.13. The first-order valence-electron chi connectivity index (χ1n) is 5.15. The second kappa shape index (κ2) is 3.62. The fourth-order valence-electron chi connectivity index (χ4n) is 1.72. The molecule has 0 aliphatic rings. The van der Waals surface area contributed by atoms with Crippen LogP contribution in [0.2, 0.25) is 0 Å². The van der Waals surface area contributed by atoms with E-state index in [1.165, 1.54) is 0 Å². The van der Waals surface area contributed by atoms with Gasteiger partial charge in [-0.1, -0.05) is 11.2 Å². The number of hydrogen-bond donors (Lipinski definition) is 0. The van der Waals surface area contributed by atoms with E-state index in [1.54, 1.807) is 14.0 Å². The van der Waals surface area contributed by atoms with E-state index in [1.807, 2.05) is 24.3 Å². The molecule has 0 aliphatic carbocycles. The predicted molar refractivity (Wildman–Crippen MR) is 60.8 cm³/mol. The molecule has 17 heavy (non-hydrogen) atoms. The van der Waals surface area contributed by atoms with E-state index in [4.69, 9.17) is 13.7 Å². The number of aromatic nitrogens is 2. The van der Waals surface area contributed by atoms with Gasteiger partial charge in [0, 0.05) is 6.92 Å². The highest BCUT2D eigenvalue weighted by molar-refractivity contribution is 5.87. The number of fused-ring (bicyclic) bond motifs is 1. The fourth-order valence-corrected chi connectivity index (χ4v) is 1.72. The minimum Gasteiger partial charge on any atom is -0.496 e. The summed E-state index contributed by atoms with van der Waals surface area (Å²) in [6.45, 7) is 1.74. The van der Waals surface area contributed by atoms with Crippen LogP contribution in [0.4, 0.5) is 0 Å². The predicted octanol–water partition coefficient (Wildman–Crippen LogP) is 2.80. The van der Waals surface area contributed by atoms with Crippen LogP contribution in [-0.2, 0) is 0 Å². The smallest absolute Gasteiger partial charge is 0.238 e. The molecule has 0 bridgehead atoms. The molecule has 1 aromatic carbocycles. The summed E-state index contributed by atoms with van der Waals surface area (Å²) in [7, 11) is 1.62. The van der Waals surface area contributed by atoms with Crippen LogP contribution in [0, 0.1) is 6.92 Å². The Balaban J connectivity index is 2.19. The minimum absolute atomic E-state index is 0.445. The Hall–Kier alpha value is -2.30. The van der Waals surface area contributed by atoms with Gasteiger partial charge in [0.05, 0.1) is 12.5 Å². The van der Waals surface area contributed by atoms with E-state index in [0.29, 0.717) is 17.5 Å². The molecule has 3 aromatic rings. The van der Waals surface area contributed by atoms with E-state index in [2.05, 4.69) is 10.1 Å². The number of ether oxygens (including phenoxy) is 1. The SMILES string of the molecule is COc1cccc2oc(-c3noc(C)n3)cc12. The van der Waals surface area contributed by atoms with Crippen molar-refractivity contribution in [3.63, 3.8) is 0 Å². The standard InChI is InChI=1S/C12H10N2O3/c1-7-13-12(14-17-7)11-6-8-9(15-2)4-3-5-10(8)16-11/h3-6H,1-2H3. The summed E-state index contributed by atoms with van der Waals surface area (Å²) in [4.78, 5) is 4.12. The van der Waals surface area contributed by atoms with Crippen LogP contribution < -0.4 is 4.74 Å². The van der Waals surface area contributed by atoms with Crippen LogP contribution in [0.3, 0.4) is 0 Å². The Kier molecular flexibility index (Phi) is 2.11. The largest absolute Gasteiger partial charge is 0.496 e. The molecule has 3 rings (SSSR count). The maximum Gasteiger partial charge on any atom is 0.238 e. The molecule has 0 N–H and O–H groups in total. The Morgan fingerprint density at radius 3 is 2.88 bits per heavy atom. The number of hydrogen-bond acceptors (Lipinski definition) is 5. The first-order valence-corrected chi connectivity index (χ1v) is 5.15. The van der Waals surface area contributed by atoms with Crippen molar-refractivity contribution in [3.05, 3.63) is 30.2 Å². The summed E-state index contributed by atoms with van der Waals surface area (Å²) in [6.07, 6.45) is 0. The Morgan fingerprint density at radius 1 is 1.29 bits per heavy atom. The highest BCUT2D eigenvalue weighted by Crippen LogP contribution is 2.31. The summed E-state index contributed by atoms with van der Waals surface area (Å²) in [5.41, 5.74) is 0.738. The van der Waals surface area contributed by atoms with Gasteiger partial charge in [0.25, 0.3) is 0 Å². The average Bonchev–Trinajstić information content (AvgIpc) is 2.93. The lowest BCUT2D eigenvalue weighted by Gasteiger charge is -1.98. The number of aryl methyl sites for hydroxylation is 1. The first-order chi connectivity index (χ1) is 8.28. The van der Waals surface area contributed by atoms with Crippen LogP contribution in [0.5, 0.6) is 5.75 Å². The zero-order valence-corrected chi connectivity index (χ0v) is 9.43. The zero-order chi connectivity index (χ0) is 11.8. The molecular formula is C12H10N2O3. The van der Waals surface area contributed by atoms with Crippen LogP contribution in [0.1, 0.15) is 5.89 Å². The molecule has 5 heteroatoms. The van der Waals surface area contributed by atoms with Crippen molar-refractivity contribution in [3.8, 4) is 17.3 Å². The molecule has 0 atom stereocenters. The van der Waals surface area contributed by atoms with Gasteiger partial charge in [-0.3, -0.25) is 0 Å². The number of nitrogens with zero attached hydrogens (tertiary/aromatic N) is 2. The molecule has 0 spiro atoms. The van der Waals surface area contributed by atoms with Gasteiger partial charge in [0.1, 0.15) is 11.3 Å². The molecule has 0 fully saturated rings. The van der Waals surface area contributed by atoms with Crippen molar-refractivity contribution >= 4 is 11.0 Å². The molecule has 0 unspecified atom stereocenters. The van der Waals surface area contributed by atoms with Gasteiger partial charge in [0.2, 0.25) is 11.7 Å². The Morgan fingerprint density at radius 2 is 2.18 bits per heavy atom. The van der Waals surface area contributed by atoms with Gasteiger partial charge >= 0.3 is 0 Å². The molecule has 0 radical (unpaired) electrons. The number of methoxy groups -OCH3 is 1. The molecule has 0 saturated carbocycles. The summed E-state index contributed by atoms with van der Waals surface area (Å²) < 4.78 is 15.8. The van der Waals surface area contributed by atoms with Crippen molar-refractivity contribution in [1.29, 1.82) is 0 Å². The topological polar surface area (TPSA) is 61.3 Å². The molecule has 86 valence electrons. The minimum atomic E-state index is 0.445. The van der Waals surface area contributed by atoms with Gasteiger partial charge in [-0.2, -0.15) is 4.98 Å². The quantitative estimate of drug-likeness (QED) is 0.677. The number of benzene rings is 1. The summed E-state index contributed by atoms with van der Waals surface area (Å²) in [6, 6.07) is 7.46. The summed E-state index contributed by atoms with van der Waals surface area (Å²) in [5.74, 6) is 2.28. The Labute approximate surface area is 97.0 Å². The second-order valence-electron chi connectivity index (χ2n) is 3.62. The lowest BCUT2D eigenvalue weighted by atomic mass is 10.2. The van der Waals surface area contributed by atoms with Gasteiger partial charge < -0.3 is 13.7 Å². The van der Waals surface area contributed by atoms with Crippen molar-refractivity contribution in [1.82, 2.24) is 10.1 Å². The normalized spacial score (nSPS) is 10.9. The van der Waals surface area contributed by atoms with Gasteiger partial charge in [0.15, 0.2) is 5.76 Å². The summed E-state index contributed by atoms with van der Waals surface area (Å²) in [5, 5.41) is 4.71. The molecular weight excluding hydrogens is 220 g/mol. The van der Waals surface area contributed by atoms with E-state index in [-0.39, 0.29) is 0 Å². The van der Waals surface area contributed by atoms with Crippen LogP contribution in [-0.4, -0.2) is 17.3 Å². The van der Waals surface area contributed by atoms with Crippen molar-refractivity contribution in [2.45, 2.75) is 6.92 Å². The monoisotopic (exact) mass is 230 g/mol. The van der Waals surface area contributed by atoms with Crippen molar-refractivity contribution < 1.29 is 13.7 Å². The molecule has 0 saturated heterocycles. The number of furan rings is 1. The fraction of sp³-hybridized carbons (Fsp3) is 0.167. The average molecular weight is 230 g/mol. The van der Waals surface area contributed by atoms with E-state index < -0.39 is 0 Å². The third kappa shape index (κ3) is 1.56. The summed E-state index contributed by atoms with van der Waals surface area (Å²) >= 11 is 0. The van der Waals surface area contributed by atoms with E-state index >= 15 is 0 Å². The van der Waals surface area contributed by atoms with Gasteiger partial charge in [-0.25, -0.2) is 0 Å². The molecule has 2 heterocycles. The van der Waals surface area contributed by atoms with Crippen molar-refractivity contribution in [2.75, 3.05) is 7.11 Å². The van der Waals surface area contributed by atoms with Gasteiger partial charge in [-0.05, 0) is 18.2 Å². The Bertz CT molecular complexity index is 669. The van der Waals surface area contributed by atoms with E-state index in [9.17, 15) is 0 Å². The third-order valence-corrected chi connectivity index (χ3v) is 2.49. The third-order valence-electron chi connectivity index (χ3n) is 2.49. The number of rotatable bonds is 2. The maximum atomic E-state index is 5.64. The zero-order valence-electron chi connectivity index (χ0n) is 9.43. The highest BCUT2D eigenvalue weighted by atomic mass is 16.5.